The zero-order valence-corrected chi connectivity index (χ0v) is 9.29. The molecule has 0 unspecified atom stereocenters. The van der Waals surface area contributed by atoms with Crippen molar-refractivity contribution in [2.45, 2.75) is 6.42 Å². The van der Waals surface area contributed by atoms with Gasteiger partial charge >= 0.3 is 0 Å². The Hall–Kier alpha value is -2.70. The summed E-state index contributed by atoms with van der Waals surface area (Å²) >= 11 is 0. The second kappa shape index (κ2) is 5.09. The van der Waals surface area contributed by atoms with Crippen molar-refractivity contribution < 1.29 is 9.72 Å². The van der Waals surface area contributed by atoms with Crippen LogP contribution in [0.1, 0.15) is 5.56 Å². The van der Waals surface area contributed by atoms with Gasteiger partial charge in [-0.2, -0.15) is 5.10 Å². The highest BCUT2D eigenvalue weighted by atomic mass is 16.6. The van der Waals surface area contributed by atoms with Gasteiger partial charge in [-0.1, -0.05) is 18.2 Å². The number of H-pyrrole nitrogens is 1. The van der Waals surface area contributed by atoms with E-state index in [4.69, 9.17) is 0 Å². The molecule has 2 N–H and O–H groups in total. The number of hydrogen-bond donors (Lipinski definition) is 2. The molecule has 1 aromatic carbocycles. The number of nitro benzene ring substituents is 1. The maximum atomic E-state index is 11.7. The molecule has 1 amide bonds. The number of amides is 1. The van der Waals surface area contributed by atoms with E-state index in [2.05, 4.69) is 15.5 Å². The van der Waals surface area contributed by atoms with Gasteiger partial charge in [0.1, 0.15) is 5.82 Å². The molecular weight excluding hydrogens is 236 g/mol. The van der Waals surface area contributed by atoms with Gasteiger partial charge in [-0.25, -0.2) is 0 Å². The van der Waals surface area contributed by atoms with Crippen molar-refractivity contribution in [2.24, 2.45) is 0 Å². The molecule has 0 radical (unpaired) electrons. The maximum Gasteiger partial charge on any atom is 0.273 e. The van der Waals surface area contributed by atoms with E-state index >= 15 is 0 Å². The van der Waals surface area contributed by atoms with Gasteiger partial charge in [0.25, 0.3) is 5.69 Å². The first kappa shape index (κ1) is 11.8. The second-order valence-corrected chi connectivity index (χ2v) is 3.58. The minimum Gasteiger partial charge on any atom is -0.311 e. The molecule has 0 saturated carbocycles. The van der Waals surface area contributed by atoms with Gasteiger partial charge < -0.3 is 5.32 Å². The number of aromatic amines is 1. The van der Waals surface area contributed by atoms with E-state index in [1.807, 2.05) is 0 Å². The fraction of sp³-hybridized carbons (Fsp3) is 0.0909. The first-order chi connectivity index (χ1) is 8.66. The quantitative estimate of drug-likeness (QED) is 0.630. The van der Waals surface area contributed by atoms with Crippen LogP contribution in [0.2, 0.25) is 0 Å². The smallest absolute Gasteiger partial charge is 0.273 e. The molecule has 7 heteroatoms. The summed E-state index contributed by atoms with van der Waals surface area (Å²) in [6.07, 6.45) is 1.44. The predicted octanol–water partition coefficient (Wildman–Crippen LogP) is 1.50. The number of aromatic nitrogens is 2. The lowest BCUT2D eigenvalue weighted by Crippen LogP contribution is -2.15. The first-order valence-corrected chi connectivity index (χ1v) is 5.18. The summed E-state index contributed by atoms with van der Waals surface area (Å²) in [7, 11) is 0. The number of para-hydroxylation sites is 1. The lowest BCUT2D eigenvalue weighted by Gasteiger charge is -2.03. The normalized spacial score (nSPS) is 10.0. The highest BCUT2D eigenvalue weighted by molar-refractivity contribution is 5.91. The summed E-state index contributed by atoms with van der Waals surface area (Å²) in [5.74, 6) is 0.118. The lowest BCUT2D eigenvalue weighted by molar-refractivity contribution is -0.385. The van der Waals surface area contributed by atoms with E-state index < -0.39 is 4.92 Å². The van der Waals surface area contributed by atoms with Crippen LogP contribution in [0.4, 0.5) is 11.5 Å². The number of rotatable bonds is 4. The number of carbonyl (C=O) groups excluding carboxylic acids is 1. The molecule has 0 aliphatic carbocycles. The summed E-state index contributed by atoms with van der Waals surface area (Å²) in [4.78, 5) is 21.9. The van der Waals surface area contributed by atoms with Crippen LogP contribution in [0.3, 0.4) is 0 Å². The van der Waals surface area contributed by atoms with Crippen LogP contribution in [0, 0.1) is 10.1 Å². The molecule has 0 aliphatic heterocycles. The highest BCUT2D eigenvalue weighted by Crippen LogP contribution is 2.18. The van der Waals surface area contributed by atoms with Gasteiger partial charge in [0.2, 0.25) is 5.91 Å². The van der Waals surface area contributed by atoms with E-state index in [9.17, 15) is 14.9 Å². The molecule has 2 aromatic rings. The minimum atomic E-state index is -0.501. The number of hydrogen-bond acceptors (Lipinski definition) is 4. The zero-order chi connectivity index (χ0) is 13.0. The Labute approximate surface area is 102 Å². The molecule has 2 rings (SSSR count). The van der Waals surface area contributed by atoms with Gasteiger partial charge in [-0.05, 0) is 0 Å². The Bertz CT molecular complexity index is 565. The van der Waals surface area contributed by atoms with Crippen molar-refractivity contribution in [3.8, 4) is 0 Å². The molecule has 1 aromatic heterocycles. The van der Waals surface area contributed by atoms with Crippen LogP contribution in [-0.4, -0.2) is 21.0 Å². The fourth-order valence-corrected chi connectivity index (χ4v) is 1.53. The third-order valence-electron chi connectivity index (χ3n) is 2.31. The van der Waals surface area contributed by atoms with E-state index in [0.29, 0.717) is 11.4 Å². The number of nitrogens with one attached hydrogen (secondary N) is 2. The predicted molar refractivity (Wildman–Crippen MR) is 64.0 cm³/mol. The number of anilines is 1. The monoisotopic (exact) mass is 246 g/mol. The Morgan fingerprint density at radius 1 is 1.39 bits per heavy atom. The van der Waals surface area contributed by atoms with Crippen LogP contribution in [0.15, 0.2) is 36.5 Å². The molecule has 0 atom stereocenters. The van der Waals surface area contributed by atoms with Crippen molar-refractivity contribution in [2.75, 3.05) is 5.32 Å². The van der Waals surface area contributed by atoms with Crippen molar-refractivity contribution in [1.82, 2.24) is 10.2 Å². The van der Waals surface area contributed by atoms with E-state index in [0.717, 1.165) is 0 Å². The lowest BCUT2D eigenvalue weighted by atomic mass is 10.1. The summed E-state index contributed by atoms with van der Waals surface area (Å²) in [6.45, 7) is 0. The highest BCUT2D eigenvalue weighted by Gasteiger charge is 2.15. The van der Waals surface area contributed by atoms with Crippen LogP contribution in [0.25, 0.3) is 0 Å². The third kappa shape index (κ3) is 2.70. The zero-order valence-electron chi connectivity index (χ0n) is 9.29. The summed E-state index contributed by atoms with van der Waals surface area (Å²) in [5, 5.41) is 19.6. The number of benzene rings is 1. The van der Waals surface area contributed by atoms with E-state index in [-0.39, 0.29) is 18.0 Å². The van der Waals surface area contributed by atoms with E-state index in [1.54, 1.807) is 24.3 Å². The van der Waals surface area contributed by atoms with Gasteiger partial charge in [0.15, 0.2) is 0 Å². The van der Waals surface area contributed by atoms with Crippen LogP contribution < -0.4 is 5.32 Å². The molecule has 0 bridgehead atoms. The number of nitrogens with zero attached hydrogens (tertiary/aromatic N) is 2. The Balaban J connectivity index is 2.09. The molecule has 0 spiro atoms. The molecule has 0 fully saturated rings. The Morgan fingerprint density at radius 2 is 2.17 bits per heavy atom. The topological polar surface area (TPSA) is 101 Å². The standard InChI is InChI=1S/C11H10N4O3/c16-11(13-10-5-6-12-14-10)7-8-3-1-2-4-9(8)15(17)18/h1-6H,7H2,(H2,12,13,14,16). The van der Waals surface area contributed by atoms with Crippen molar-refractivity contribution in [3.05, 3.63) is 52.2 Å². The maximum absolute atomic E-state index is 11.7. The van der Waals surface area contributed by atoms with Gasteiger partial charge in [0.05, 0.1) is 17.5 Å². The molecule has 0 aliphatic rings. The molecule has 7 nitrogen and oxygen atoms in total. The summed E-state index contributed by atoms with van der Waals surface area (Å²) < 4.78 is 0. The minimum absolute atomic E-state index is 0.0581. The Kier molecular flexibility index (Phi) is 3.33. The third-order valence-corrected chi connectivity index (χ3v) is 2.31. The average Bonchev–Trinajstić information content (AvgIpc) is 2.82. The molecular formula is C11H10N4O3. The fourth-order valence-electron chi connectivity index (χ4n) is 1.53. The van der Waals surface area contributed by atoms with Gasteiger partial charge in [-0.15, -0.1) is 0 Å². The Morgan fingerprint density at radius 3 is 2.83 bits per heavy atom. The average molecular weight is 246 g/mol. The molecule has 1 heterocycles. The summed E-state index contributed by atoms with van der Waals surface area (Å²) in [5.41, 5.74) is 0.316. The van der Waals surface area contributed by atoms with E-state index in [1.165, 1.54) is 12.3 Å². The van der Waals surface area contributed by atoms with Crippen LogP contribution in [0.5, 0.6) is 0 Å². The van der Waals surface area contributed by atoms with Gasteiger partial charge in [-0.3, -0.25) is 20.0 Å². The summed E-state index contributed by atoms with van der Waals surface area (Å²) in [6, 6.07) is 7.75. The van der Waals surface area contributed by atoms with Crippen LogP contribution in [-0.2, 0) is 11.2 Å². The van der Waals surface area contributed by atoms with Crippen molar-refractivity contribution in [3.63, 3.8) is 0 Å². The molecule has 18 heavy (non-hydrogen) atoms. The molecule has 0 saturated heterocycles. The van der Waals surface area contributed by atoms with Crippen molar-refractivity contribution in [1.29, 1.82) is 0 Å². The largest absolute Gasteiger partial charge is 0.311 e. The number of nitro groups is 1. The van der Waals surface area contributed by atoms with Gasteiger partial charge in [0, 0.05) is 17.7 Å². The SMILES string of the molecule is O=C(Cc1ccccc1[N+](=O)[O-])Nc1ccn[nH]1. The number of carbonyl (C=O) groups is 1. The van der Waals surface area contributed by atoms with Crippen LogP contribution >= 0.6 is 0 Å². The second-order valence-electron chi connectivity index (χ2n) is 3.58. The molecule has 92 valence electrons. The van der Waals surface area contributed by atoms with Crippen molar-refractivity contribution >= 4 is 17.4 Å². The first-order valence-electron chi connectivity index (χ1n) is 5.18.